The number of aromatic nitrogens is 1. The number of nitrogens with one attached hydrogen (secondary N) is 1. The van der Waals surface area contributed by atoms with Crippen molar-refractivity contribution in [3.63, 3.8) is 0 Å². The number of anilines is 1. The first kappa shape index (κ1) is 13.4. The highest BCUT2D eigenvalue weighted by Crippen LogP contribution is 2.12. The average Bonchev–Trinajstić information content (AvgIpc) is 2.25. The Kier molecular flexibility index (Phi) is 4.84. The summed E-state index contributed by atoms with van der Waals surface area (Å²) >= 11 is 0. The molecule has 1 aromatic heterocycles. The molecule has 1 amide bonds. The van der Waals surface area contributed by atoms with E-state index < -0.39 is 11.7 Å². The predicted molar refractivity (Wildman–Crippen MR) is 64.4 cm³/mol. The number of hydrogen-bond donors (Lipinski definition) is 2. The van der Waals surface area contributed by atoms with Crippen LogP contribution in [-0.4, -0.2) is 43.0 Å². The average molecular weight is 240 g/mol. The standard InChI is InChI=1S/C11H17FN4O/c1-16(2)5-3-4-14-11-9(10(13)17)6-8(12)7-15-11/h6-7H,3-5H2,1-2H3,(H2,13,17)(H,14,15). The van der Waals surface area contributed by atoms with Crippen LogP contribution in [-0.2, 0) is 0 Å². The van der Waals surface area contributed by atoms with Crippen molar-refractivity contribution >= 4 is 11.7 Å². The summed E-state index contributed by atoms with van der Waals surface area (Å²) in [5.74, 6) is -0.928. The summed E-state index contributed by atoms with van der Waals surface area (Å²) in [7, 11) is 3.95. The van der Waals surface area contributed by atoms with Crippen LogP contribution < -0.4 is 11.1 Å². The molecule has 0 saturated carbocycles. The minimum atomic E-state index is -0.688. The molecule has 0 radical (unpaired) electrons. The monoisotopic (exact) mass is 240 g/mol. The number of carbonyl (C=O) groups is 1. The molecule has 0 spiro atoms. The Morgan fingerprint density at radius 3 is 2.88 bits per heavy atom. The maximum atomic E-state index is 12.9. The van der Waals surface area contributed by atoms with Crippen LogP contribution in [0.15, 0.2) is 12.3 Å². The van der Waals surface area contributed by atoms with Gasteiger partial charge in [-0.1, -0.05) is 0 Å². The predicted octanol–water partition coefficient (Wildman–Crippen LogP) is 0.683. The second kappa shape index (κ2) is 6.15. The molecule has 3 N–H and O–H groups in total. The van der Waals surface area contributed by atoms with Gasteiger partial charge in [0.1, 0.15) is 11.6 Å². The molecule has 0 saturated heterocycles. The highest BCUT2D eigenvalue weighted by atomic mass is 19.1. The summed E-state index contributed by atoms with van der Waals surface area (Å²) in [6.45, 7) is 1.57. The minimum absolute atomic E-state index is 0.0786. The van der Waals surface area contributed by atoms with Crippen molar-refractivity contribution in [3.8, 4) is 0 Å². The Hall–Kier alpha value is -1.69. The van der Waals surface area contributed by atoms with E-state index >= 15 is 0 Å². The molecule has 0 aromatic carbocycles. The van der Waals surface area contributed by atoms with Crippen LogP contribution in [0.3, 0.4) is 0 Å². The number of rotatable bonds is 6. The van der Waals surface area contributed by atoms with Crippen molar-refractivity contribution in [2.24, 2.45) is 5.73 Å². The van der Waals surface area contributed by atoms with Gasteiger partial charge in [-0.2, -0.15) is 0 Å². The molecule has 0 fully saturated rings. The SMILES string of the molecule is CN(C)CCCNc1ncc(F)cc1C(N)=O. The number of amides is 1. The van der Waals surface area contributed by atoms with E-state index in [1.807, 2.05) is 14.1 Å². The highest BCUT2D eigenvalue weighted by Gasteiger charge is 2.10. The van der Waals surface area contributed by atoms with Gasteiger partial charge in [0.15, 0.2) is 0 Å². The first-order chi connectivity index (χ1) is 8.00. The van der Waals surface area contributed by atoms with Gasteiger partial charge in [-0.3, -0.25) is 4.79 Å². The van der Waals surface area contributed by atoms with E-state index in [0.29, 0.717) is 12.4 Å². The maximum absolute atomic E-state index is 12.9. The number of pyridine rings is 1. The molecule has 1 rings (SSSR count). The normalized spacial score (nSPS) is 10.6. The maximum Gasteiger partial charge on any atom is 0.252 e. The lowest BCUT2D eigenvalue weighted by Gasteiger charge is -2.11. The molecule has 1 aromatic rings. The van der Waals surface area contributed by atoms with Gasteiger partial charge in [0.05, 0.1) is 11.8 Å². The van der Waals surface area contributed by atoms with E-state index in [1.54, 1.807) is 0 Å². The second-order valence-electron chi connectivity index (χ2n) is 4.00. The van der Waals surface area contributed by atoms with Crippen molar-refractivity contribution < 1.29 is 9.18 Å². The van der Waals surface area contributed by atoms with Crippen LogP contribution in [0.4, 0.5) is 10.2 Å². The van der Waals surface area contributed by atoms with Crippen LogP contribution in [0.25, 0.3) is 0 Å². The Morgan fingerprint density at radius 2 is 2.29 bits per heavy atom. The molecule has 0 aliphatic carbocycles. The Bertz CT molecular complexity index is 395. The summed E-state index contributed by atoms with van der Waals surface area (Å²) in [4.78, 5) is 16.9. The van der Waals surface area contributed by atoms with E-state index in [0.717, 1.165) is 25.2 Å². The Balaban J connectivity index is 2.61. The molecule has 17 heavy (non-hydrogen) atoms. The molecular weight excluding hydrogens is 223 g/mol. The number of hydrogen-bond acceptors (Lipinski definition) is 4. The van der Waals surface area contributed by atoms with Gasteiger partial charge in [-0.25, -0.2) is 9.37 Å². The zero-order valence-corrected chi connectivity index (χ0v) is 10.0. The van der Waals surface area contributed by atoms with Crippen molar-refractivity contribution in [1.82, 2.24) is 9.88 Å². The third-order valence-corrected chi connectivity index (χ3v) is 2.19. The van der Waals surface area contributed by atoms with Crippen molar-refractivity contribution in [1.29, 1.82) is 0 Å². The van der Waals surface area contributed by atoms with Crippen LogP contribution >= 0.6 is 0 Å². The first-order valence-electron chi connectivity index (χ1n) is 5.34. The lowest BCUT2D eigenvalue weighted by Crippen LogP contribution is -2.19. The zero-order valence-electron chi connectivity index (χ0n) is 10.0. The van der Waals surface area contributed by atoms with E-state index in [1.165, 1.54) is 0 Å². The Labute approximate surface area is 99.8 Å². The lowest BCUT2D eigenvalue weighted by atomic mass is 10.2. The smallest absolute Gasteiger partial charge is 0.252 e. The fourth-order valence-corrected chi connectivity index (χ4v) is 1.37. The third kappa shape index (κ3) is 4.36. The largest absolute Gasteiger partial charge is 0.369 e. The number of nitrogens with zero attached hydrogens (tertiary/aromatic N) is 2. The summed E-state index contributed by atoms with van der Waals surface area (Å²) in [6.07, 6.45) is 1.95. The van der Waals surface area contributed by atoms with E-state index in [9.17, 15) is 9.18 Å². The van der Waals surface area contributed by atoms with Gasteiger partial charge in [-0.05, 0) is 33.1 Å². The van der Waals surface area contributed by atoms with Crippen molar-refractivity contribution in [2.45, 2.75) is 6.42 Å². The van der Waals surface area contributed by atoms with Gasteiger partial charge in [0.2, 0.25) is 0 Å². The summed E-state index contributed by atoms with van der Waals surface area (Å²) in [5, 5.41) is 2.97. The first-order valence-corrected chi connectivity index (χ1v) is 5.34. The molecule has 6 heteroatoms. The van der Waals surface area contributed by atoms with Gasteiger partial charge >= 0.3 is 0 Å². The zero-order chi connectivity index (χ0) is 12.8. The molecule has 0 atom stereocenters. The van der Waals surface area contributed by atoms with Crippen LogP contribution in [0.5, 0.6) is 0 Å². The van der Waals surface area contributed by atoms with Crippen molar-refractivity contribution in [2.75, 3.05) is 32.5 Å². The second-order valence-corrected chi connectivity index (χ2v) is 4.00. The van der Waals surface area contributed by atoms with E-state index in [4.69, 9.17) is 5.73 Å². The number of primary amides is 1. The molecule has 1 heterocycles. The summed E-state index contributed by atoms with van der Waals surface area (Å²) in [5.41, 5.74) is 5.22. The van der Waals surface area contributed by atoms with Gasteiger partial charge in [-0.15, -0.1) is 0 Å². The number of halogens is 1. The Morgan fingerprint density at radius 1 is 1.59 bits per heavy atom. The number of carbonyl (C=O) groups excluding carboxylic acids is 1. The van der Waals surface area contributed by atoms with E-state index in [-0.39, 0.29) is 5.56 Å². The lowest BCUT2D eigenvalue weighted by molar-refractivity contribution is 0.100. The summed E-state index contributed by atoms with van der Waals surface area (Å²) in [6, 6.07) is 1.09. The van der Waals surface area contributed by atoms with Crippen LogP contribution in [0.2, 0.25) is 0 Å². The fraction of sp³-hybridized carbons (Fsp3) is 0.455. The van der Waals surface area contributed by atoms with Crippen LogP contribution in [0.1, 0.15) is 16.8 Å². The van der Waals surface area contributed by atoms with Gasteiger partial charge in [0, 0.05) is 6.54 Å². The quantitative estimate of drug-likeness (QED) is 0.717. The molecule has 0 unspecified atom stereocenters. The third-order valence-electron chi connectivity index (χ3n) is 2.19. The topological polar surface area (TPSA) is 71.2 Å². The molecule has 94 valence electrons. The van der Waals surface area contributed by atoms with Gasteiger partial charge in [0.25, 0.3) is 5.91 Å². The molecule has 0 aliphatic rings. The minimum Gasteiger partial charge on any atom is -0.369 e. The molecule has 5 nitrogen and oxygen atoms in total. The molecule has 0 bridgehead atoms. The number of nitrogens with two attached hydrogens (primary N) is 1. The fourth-order valence-electron chi connectivity index (χ4n) is 1.37. The van der Waals surface area contributed by atoms with Crippen molar-refractivity contribution in [3.05, 3.63) is 23.6 Å². The van der Waals surface area contributed by atoms with Gasteiger partial charge < -0.3 is 16.0 Å². The highest BCUT2D eigenvalue weighted by molar-refractivity contribution is 5.97. The van der Waals surface area contributed by atoms with Crippen LogP contribution in [0, 0.1) is 5.82 Å². The summed E-state index contributed by atoms with van der Waals surface area (Å²) < 4.78 is 12.9. The van der Waals surface area contributed by atoms with E-state index in [2.05, 4.69) is 15.2 Å². The molecular formula is C11H17FN4O. The molecule has 0 aliphatic heterocycles.